The number of fused-ring (bicyclic) bond motifs is 3. The van der Waals surface area contributed by atoms with Crippen LogP contribution in [-0.2, 0) is 24.1 Å². The predicted molar refractivity (Wildman–Crippen MR) is 269 cm³/mol. The molecule has 0 spiro atoms. The Hall–Kier alpha value is -7.22. The van der Waals surface area contributed by atoms with E-state index >= 15 is 9.59 Å². The van der Waals surface area contributed by atoms with Crippen molar-refractivity contribution in [3.8, 4) is 17.6 Å². The average Bonchev–Trinajstić information content (AvgIpc) is 4.00. The molecule has 1 unspecified atom stereocenters. The van der Waals surface area contributed by atoms with Crippen molar-refractivity contribution in [3.05, 3.63) is 179 Å². The van der Waals surface area contributed by atoms with Gasteiger partial charge >= 0.3 is 0 Å². The third-order valence-electron chi connectivity index (χ3n) is 12.8. The number of nitrogens with zero attached hydrogens (tertiary/aromatic N) is 7. The molecule has 7 aromatic rings. The van der Waals surface area contributed by atoms with Gasteiger partial charge in [-0.1, -0.05) is 91.0 Å². The lowest BCUT2D eigenvalue weighted by atomic mass is 9.80. The normalized spacial score (nSPS) is 18.2. The van der Waals surface area contributed by atoms with Crippen molar-refractivity contribution in [1.29, 1.82) is 5.26 Å². The minimum atomic E-state index is -2.02. The molecule has 17 heteroatoms. The van der Waals surface area contributed by atoms with E-state index in [-0.39, 0.29) is 65.4 Å². The zero-order valence-corrected chi connectivity index (χ0v) is 41.6. The molecule has 0 radical (unpaired) electrons. The van der Waals surface area contributed by atoms with Gasteiger partial charge in [-0.3, -0.25) is 19.0 Å². The van der Waals surface area contributed by atoms with Crippen molar-refractivity contribution in [2.24, 2.45) is 5.92 Å². The van der Waals surface area contributed by atoms with E-state index in [1.54, 1.807) is 67.3 Å². The van der Waals surface area contributed by atoms with Crippen LogP contribution in [0.3, 0.4) is 0 Å². The van der Waals surface area contributed by atoms with Gasteiger partial charge in [-0.15, -0.1) is 0 Å². The maximum Gasteiger partial charge on any atom is 0.267 e. The molecule has 9 rings (SSSR count). The second-order valence-corrected chi connectivity index (χ2v) is 19.2. The molecule has 368 valence electrons. The number of amides is 2. The molecule has 1 saturated heterocycles. The first-order chi connectivity index (χ1) is 35.0. The van der Waals surface area contributed by atoms with E-state index in [4.69, 9.17) is 33.0 Å². The van der Waals surface area contributed by atoms with E-state index in [1.807, 2.05) is 107 Å². The smallest absolute Gasteiger partial charge is 0.267 e. The first-order valence-corrected chi connectivity index (χ1v) is 24.8. The summed E-state index contributed by atoms with van der Waals surface area (Å²) in [5, 5.41) is 9.67. The Morgan fingerprint density at radius 1 is 0.778 bits per heavy atom. The summed E-state index contributed by atoms with van der Waals surface area (Å²) in [5.41, 5.74) is 1.53. The molecule has 5 atom stereocenters. The summed E-state index contributed by atoms with van der Waals surface area (Å²) in [5.74, 6) is -1.98. The van der Waals surface area contributed by atoms with Crippen LogP contribution in [0.2, 0.25) is 0 Å². The highest BCUT2D eigenvalue weighted by Crippen LogP contribution is 2.53. The van der Waals surface area contributed by atoms with Crippen molar-refractivity contribution >= 4 is 43.1 Å². The van der Waals surface area contributed by atoms with Gasteiger partial charge in [0.1, 0.15) is 41.9 Å². The van der Waals surface area contributed by atoms with E-state index in [9.17, 15) is 10.1 Å². The average molecular weight is 988 g/mol. The van der Waals surface area contributed by atoms with Crippen LogP contribution in [-0.4, -0.2) is 93.5 Å². The van der Waals surface area contributed by atoms with E-state index in [0.717, 1.165) is 21.6 Å². The van der Waals surface area contributed by atoms with Gasteiger partial charge in [0.15, 0.2) is 22.8 Å². The SMILES string of the molecule is COc1ccc(C(OC[C@H]2O[C@@H]3[C@H](C(=O)c4ccccc4C(=O)N(C(=O)c4ccccc4)c4ncnc5c4ncn53)[C@@H]2OP(OCCC#N)N(C(C)C)C(C)C)(c2ccccc2)c2ccc(OC)cc2)cc1. The molecule has 2 aromatic heterocycles. The molecular weight excluding hydrogens is 934 g/mol. The molecule has 5 aromatic carbocycles. The summed E-state index contributed by atoms with van der Waals surface area (Å²) < 4.78 is 43.5. The van der Waals surface area contributed by atoms with Crippen LogP contribution in [0.1, 0.15) is 88.1 Å². The predicted octanol–water partition coefficient (Wildman–Crippen LogP) is 9.71. The summed E-state index contributed by atoms with van der Waals surface area (Å²) >= 11 is 0. The van der Waals surface area contributed by atoms with Crippen LogP contribution in [0.5, 0.6) is 11.5 Å². The van der Waals surface area contributed by atoms with Crippen LogP contribution in [0.25, 0.3) is 11.2 Å². The number of ketones is 1. The highest BCUT2D eigenvalue weighted by atomic mass is 31.2. The van der Waals surface area contributed by atoms with Crippen LogP contribution >= 0.6 is 8.53 Å². The second-order valence-electron chi connectivity index (χ2n) is 17.8. The van der Waals surface area contributed by atoms with Gasteiger partial charge in [0, 0.05) is 23.2 Å². The Labute approximate surface area is 419 Å². The van der Waals surface area contributed by atoms with Gasteiger partial charge in [0.05, 0.1) is 57.7 Å². The van der Waals surface area contributed by atoms with Gasteiger partial charge < -0.3 is 28.0 Å². The third kappa shape index (κ3) is 9.39. The lowest BCUT2D eigenvalue weighted by molar-refractivity contribution is -0.0915. The van der Waals surface area contributed by atoms with E-state index in [2.05, 4.69) is 20.7 Å². The number of hydrogen-bond donors (Lipinski definition) is 0. The molecule has 4 bridgehead atoms. The molecular formula is C55H54N7O9P. The highest BCUT2D eigenvalue weighted by molar-refractivity contribution is 7.44. The number of methoxy groups -OCH3 is 2. The number of carbonyl (C=O) groups is 3. The Bertz CT molecular complexity index is 3020. The van der Waals surface area contributed by atoms with Crippen molar-refractivity contribution in [3.63, 3.8) is 0 Å². The van der Waals surface area contributed by atoms with Gasteiger partial charge in [0.25, 0.3) is 20.3 Å². The molecule has 72 heavy (non-hydrogen) atoms. The van der Waals surface area contributed by atoms with Crippen LogP contribution in [0.4, 0.5) is 5.82 Å². The lowest BCUT2D eigenvalue weighted by Gasteiger charge is -2.39. The number of imide groups is 1. The zero-order chi connectivity index (χ0) is 50.5. The number of anilines is 1. The van der Waals surface area contributed by atoms with Crippen molar-refractivity contribution in [2.45, 2.75) is 70.2 Å². The molecule has 2 aliphatic heterocycles. The Morgan fingerprint density at radius 3 is 1.96 bits per heavy atom. The number of hydrogen-bond acceptors (Lipinski definition) is 14. The van der Waals surface area contributed by atoms with Gasteiger partial charge in [-0.25, -0.2) is 24.5 Å². The topological polar surface area (TPSA) is 180 Å². The second kappa shape index (κ2) is 21.6. The summed E-state index contributed by atoms with van der Waals surface area (Å²) in [4.78, 5) is 60.6. The number of aromatic nitrogens is 4. The number of Topliss-reactive ketones (excluding diaryl/α,β-unsaturated/α-hetero) is 1. The van der Waals surface area contributed by atoms with Gasteiger partial charge in [0.2, 0.25) is 0 Å². The number of benzene rings is 5. The Kier molecular flexibility index (Phi) is 15.0. The molecule has 0 N–H and O–H groups in total. The first-order valence-electron chi connectivity index (χ1n) is 23.6. The molecule has 16 nitrogen and oxygen atoms in total. The molecule has 1 fully saturated rings. The van der Waals surface area contributed by atoms with Crippen molar-refractivity contribution < 1.29 is 42.4 Å². The largest absolute Gasteiger partial charge is 0.497 e. The molecule has 0 saturated carbocycles. The van der Waals surface area contributed by atoms with Gasteiger partial charge in [-0.2, -0.15) is 5.26 Å². The molecule has 0 aliphatic carbocycles. The highest BCUT2D eigenvalue weighted by Gasteiger charge is 2.55. The number of ether oxygens (including phenoxy) is 4. The minimum Gasteiger partial charge on any atom is -0.497 e. The summed E-state index contributed by atoms with van der Waals surface area (Å²) in [7, 11) is 1.20. The summed E-state index contributed by atoms with van der Waals surface area (Å²) in [6.45, 7) is 7.98. The maximum absolute atomic E-state index is 16.0. The van der Waals surface area contributed by atoms with Crippen LogP contribution in [0, 0.1) is 17.2 Å². The van der Waals surface area contributed by atoms with Crippen molar-refractivity contribution in [2.75, 3.05) is 32.3 Å². The summed E-state index contributed by atoms with van der Waals surface area (Å²) in [6.07, 6.45) is -0.553. The fourth-order valence-corrected chi connectivity index (χ4v) is 11.3. The maximum atomic E-state index is 16.0. The van der Waals surface area contributed by atoms with E-state index < -0.39 is 56.1 Å². The number of imidazole rings is 1. The number of carbonyl (C=O) groups excluding carboxylic acids is 3. The quantitative estimate of drug-likeness (QED) is 0.0364. The van der Waals surface area contributed by atoms with Crippen LogP contribution < -0.4 is 14.4 Å². The van der Waals surface area contributed by atoms with Crippen LogP contribution in [0.15, 0.2) is 146 Å². The van der Waals surface area contributed by atoms with Gasteiger partial charge in [-0.05, 0) is 86.8 Å². The van der Waals surface area contributed by atoms with E-state index in [0.29, 0.717) is 11.5 Å². The zero-order valence-electron chi connectivity index (χ0n) is 40.7. The lowest BCUT2D eigenvalue weighted by Crippen LogP contribution is -2.43. The molecule has 2 amide bonds. The number of nitriles is 1. The van der Waals surface area contributed by atoms with E-state index in [1.165, 1.54) is 18.7 Å². The minimum absolute atomic E-state index is 0.0264. The monoisotopic (exact) mass is 987 g/mol. The Balaban J connectivity index is 1.25. The number of rotatable bonds is 17. The molecule has 2 aliphatic rings. The first kappa shape index (κ1) is 49.7. The summed E-state index contributed by atoms with van der Waals surface area (Å²) in [6, 6.07) is 41.8. The fraction of sp³-hybridized carbons (Fsp3) is 0.291. The molecule has 4 heterocycles. The Morgan fingerprint density at radius 2 is 1.36 bits per heavy atom. The van der Waals surface area contributed by atoms with Crippen molar-refractivity contribution in [1.82, 2.24) is 24.2 Å². The fourth-order valence-electron chi connectivity index (χ4n) is 9.57. The third-order valence-corrected chi connectivity index (χ3v) is 15.0. The standard InChI is InChI=1S/C55H54N7O9P/c1-35(2)62(36(3)4)72(69-31-15-30-56)71-49-45(32-68-55(38-18-11-8-12-19-38,39-22-26-41(66-5)27-23-39)40-24-28-42(67-6)29-25-40)70-54-46(49)48(63)43-20-13-14-21-44(43)53(65)61(52(64)37-16-9-7-10-17-37)51-47-50(57-33-58-51)60(54)34-59-47/h7-14,16-29,33-36,45-46,49,54H,15,31-32H2,1-6H3/t45-,46-,49-,54-,72?/m1/s1.